The third-order valence-corrected chi connectivity index (χ3v) is 13.9. The average Bonchev–Trinajstić information content (AvgIpc) is 4.53. The Kier molecular flexibility index (Phi) is 19.6. The maximum absolute atomic E-state index is 15.1. The molecule has 0 saturated carbocycles. The highest BCUT2D eigenvalue weighted by molar-refractivity contribution is 6.12. The van der Waals surface area contributed by atoms with Crippen molar-refractivity contribution < 1.29 is 56.5 Å². The number of carbonyl (C=O) groups is 6. The van der Waals surface area contributed by atoms with Crippen LogP contribution in [-0.2, 0) is 0 Å². The van der Waals surface area contributed by atoms with E-state index in [4.69, 9.17) is 18.9 Å². The molecule has 2 aliphatic rings. The molecule has 20 nitrogen and oxygen atoms in total. The van der Waals surface area contributed by atoms with E-state index in [-0.39, 0.29) is 100 Å². The first-order chi connectivity index (χ1) is 39.8. The van der Waals surface area contributed by atoms with Crippen LogP contribution in [0.2, 0.25) is 0 Å². The number of hydrogen-bond donors (Lipinski definition) is 8. The van der Waals surface area contributed by atoms with E-state index in [0.29, 0.717) is 74.5 Å². The van der Waals surface area contributed by atoms with Gasteiger partial charge in [-0.25, -0.2) is 8.78 Å². The van der Waals surface area contributed by atoms with Gasteiger partial charge in [0.2, 0.25) is 0 Å². The number of aromatic nitrogens is 4. The monoisotopic (exact) mass is 1130 g/mol. The van der Waals surface area contributed by atoms with Gasteiger partial charge in [-0.2, -0.15) is 10.2 Å². The van der Waals surface area contributed by atoms with E-state index in [9.17, 15) is 28.8 Å². The largest absolute Gasteiger partial charge is 0.494 e. The standard InChI is InChI=1S/2C30H30FN5O5.CH4/c2*1-3-12-41-24-10-11-25(40-2)27(31)26(24)28(37)17-4-6-18(7-5-17)29(38)34-22-15-32-16-23(22)35-30(39)19-8-9-21-20(13-19)14-33-36-21;/h2*4-11,13-14,22-23,32H,3,12,15-16H2,1-2H3,(H,33,36)(H,34,38)(H,35,39);1H4/t2*22-,23-;/m11./s1/i31-1;2-1;. The molecule has 2 fully saturated rings. The van der Waals surface area contributed by atoms with Crippen LogP contribution in [0.3, 0.4) is 0 Å². The first kappa shape index (κ1) is 59.6. The van der Waals surface area contributed by atoms with Crippen LogP contribution >= 0.6 is 0 Å². The number of rotatable bonds is 20. The molecular formula is C61H64F2N10O10. The summed E-state index contributed by atoms with van der Waals surface area (Å²) in [4.78, 5) is 78.4. The molecular weight excluding hydrogens is 1070 g/mol. The van der Waals surface area contributed by atoms with E-state index in [0.717, 1.165) is 21.8 Å². The number of methoxy groups -OCH3 is 2. The van der Waals surface area contributed by atoms with Gasteiger partial charge in [0.05, 0.1) is 75.0 Å². The molecule has 8 aromatic rings. The van der Waals surface area contributed by atoms with Gasteiger partial charge in [-0.1, -0.05) is 45.5 Å². The fraction of sp³-hybridized carbons (Fsp3) is 0.279. The maximum atomic E-state index is 15.1. The number of carbonyl (C=O) groups excluding carboxylic acids is 6. The molecule has 432 valence electrons. The van der Waals surface area contributed by atoms with E-state index in [2.05, 4.69) is 52.3 Å². The number of aromatic amines is 2. The minimum atomic E-state index is -0.806. The molecule has 8 N–H and O–H groups in total. The Morgan fingerprint density at radius 3 is 1.12 bits per heavy atom. The van der Waals surface area contributed by atoms with Crippen molar-refractivity contribution in [2.75, 3.05) is 53.6 Å². The summed E-state index contributed by atoms with van der Waals surface area (Å²) in [5.41, 5.74) is 3.22. The third kappa shape index (κ3) is 13.6. The predicted octanol–water partition coefficient (Wildman–Crippen LogP) is 7.10. The summed E-state index contributed by atoms with van der Waals surface area (Å²) >= 11 is 0. The van der Waals surface area contributed by atoms with Crippen molar-refractivity contribution in [3.63, 3.8) is 0 Å². The Bertz CT molecular complexity index is 3410. The summed E-state index contributed by atoms with van der Waals surface area (Å²) in [6.07, 6.45) is 4.68. The number of hydrogen-bond acceptors (Lipinski definition) is 14. The number of H-pyrrole nitrogens is 2. The van der Waals surface area contributed by atoms with Crippen molar-refractivity contribution in [3.8, 4) is 23.0 Å². The number of nitrogens with zero attached hydrogens (tertiary/aromatic N) is 2. The van der Waals surface area contributed by atoms with Gasteiger partial charge in [0.25, 0.3) is 23.6 Å². The fourth-order valence-corrected chi connectivity index (χ4v) is 9.46. The Balaban J connectivity index is 0.000000214. The molecule has 0 radical (unpaired) electrons. The van der Waals surface area contributed by atoms with Gasteiger partial charge >= 0.3 is 0 Å². The second-order valence-electron chi connectivity index (χ2n) is 19.4. The van der Waals surface area contributed by atoms with Crippen LogP contribution in [0.4, 0.5) is 8.78 Å². The Labute approximate surface area is 476 Å². The van der Waals surface area contributed by atoms with Gasteiger partial charge in [0.1, 0.15) is 22.6 Å². The van der Waals surface area contributed by atoms with Crippen LogP contribution in [0.15, 0.2) is 122 Å². The number of ketones is 2. The van der Waals surface area contributed by atoms with Crippen molar-refractivity contribution in [2.45, 2.75) is 58.3 Å². The molecule has 10 rings (SSSR count). The Hall–Kier alpha value is -9.54. The molecule has 0 unspecified atom stereocenters. The average molecular weight is 1130 g/mol. The predicted molar refractivity (Wildman–Crippen MR) is 307 cm³/mol. The molecule has 83 heavy (non-hydrogen) atoms. The lowest BCUT2D eigenvalue weighted by molar-refractivity contribution is 0.0896. The molecule has 6 aromatic carbocycles. The number of amides is 4. The van der Waals surface area contributed by atoms with Gasteiger partial charge < -0.3 is 50.8 Å². The van der Waals surface area contributed by atoms with Crippen molar-refractivity contribution in [3.05, 3.63) is 178 Å². The molecule has 0 spiro atoms. The van der Waals surface area contributed by atoms with E-state index in [1.165, 1.54) is 87.0 Å². The summed E-state index contributed by atoms with van der Waals surface area (Å²) in [6.45, 7) is 6.40. The lowest BCUT2D eigenvalue weighted by Gasteiger charge is -2.21. The summed E-state index contributed by atoms with van der Waals surface area (Å²) in [6, 6.07) is 26.9. The number of nitrogens with one attached hydrogen (secondary N) is 8. The first-order valence-electron chi connectivity index (χ1n) is 26.6. The van der Waals surface area contributed by atoms with Gasteiger partial charge in [-0.15, -0.1) is 0 Å². The van der Waals surface area contributed by atoms with E-state index >= 15 is 8.78 Å². The topological polar surface area (TPSA) is 269 Å². The van der Waals surface area contributed by atoms with Crippen molar-refractivity contribution in [2.24, 2.45) is 0 Å². The van der Waals surface area contributed by atoms with Crippen molar-refractivity contribution in [1.29, 1.82) is 0 Å². The molecule has 0 bridgehead atoms. The zero-order chi connectivity index (χ0) is 57.9. The van der Waals surface area contributed by atoms with Crippen LogP contribution in [0.5, 0.6) is 23.0 Å². The molecule has 2 saturated heterocycles. The van der Waals surface area contributed by atoms with Gasteiger partial charge in [-0.05, 0) is 97.8 Å². The second kappa shape index (κ2) is 27.3. The lowest BCUT2D eigenvalue weighted by atomic mass is 9.99. The summed E-state index contributed by atoms with van der Waals surface area (Å²) in [5.74, 6) is -3.90. The normalized spacial score (nSPS) is 16.2. The highest BCUT2D eigenvalue weighted by Gasteiger charge is 2.33. The van der Waals surface area contributed by atoms with Gasteiger partial charge in [0, 0.05) is 70.3 Å². The molecule has 4 atom stereocenters. The fourth-order valence-electron chi connectivity index (χ4n) is 9.46. The number of halogens is 2. The highest BCUT2D eigenvalue weighted by atomic mass is 19.1. The Morgan fingerprint density at radius 1 is 0.470 bits per heavy atom. The Morgan fingerprint density at radius 2 is 0.783 bits per heavy atom. The highest BCUT2D eigenvalue weighted by Crippen LogP contribution is 2.33. The minimum absolute atomic E-state index is 0. The SMILES string of the molecule is C.CCCOc1ccc(OC)c([18F])c1C(=O)c1ccc(C(=O)N[C@@H]2CNC[C@H]2NC(=O)c2ccc3[nH]ncc3c2)cc1.CCCOc1ccc(O[11CH3])c(F)c1C(=O)c1ccc(C(=O)N[C@@H]2CNC[C@H]2NC(=O)c2ccc3[nH]ncc3c2)cc1. The van der Waals surface area contributed by atoms with E-state index in [1.807, 2.05) is 13.8 Å². The number of benzene rings is 6. The summed E-state index contributed by atoms with van der Waals surface area (Å²) < 4.78 is 51.5. The molecule has 22 heteroatoms. The third-order valence-electron chi connectivity index (χ3n) is 13.9. The van der Waals surface area contributed by atoms with Crippen LogP contribution < -0.4 is 50.8 Å². The summed E-state index contributed by atoms with van der Waals surface area (Å²) in [5, 5.41) is 33.6. The van der Waals surface area contributed by atoms with Crippen molar-refractivity contribution in [1.82, 2.24) is 52.3 Å². The molecule has 4 heterocycles. The maximum Gasteiger partial charge on any atom is 0.251 e. The zero-order valence-electron chi connectivity index (χ0n) is 45.2. The van der Waals surface area contributed by atoms with Crippen molar-refractivity contribution >= 4 is 57.0 Å². The van der Waals surface area contributed by atoms with Crippen LogP contribution in [0.25, 0.3) is 21.8 Å². The molecule has 2 aromatic heterocycles. The van der Waals surface area contributed by atoms with Crippen LogP contribution in [-0.4, -0.2) is 133 Å². The van der Waals surface area contributed by atoms with E-state index < -0.39 is 23.2 Å². The second-order valence-corrected chi connectivity index (χ2v) is 19.4. The van der Waals surface area contributed by atoms with E-state index in [1.54, 1.807) is 48.8 Å². The number of fused-ring (bicyclic) bond motifs is 2. The zero-order valence-corrected chi connectivity index (χ0v) is 45.2. The lowest BCUT2D eigenvalue weighted by Crippen LogP contribution is -2.51. The minimum Gasteiger partial charge on any atom is -0.494 e. The summed E-state index contributed by atoms with van der Waals surface area (Å²) in [7, 11) is 2.64. The van der Waals surface area contributed by atoms with Crippen LogP contribution in [0, 0.1) is 11.6 Å². The first-order valence-corrected chi connectivity index (χ1v) is 26.6. The molecule has 0 aliphatic carbocycles. The quantitative estimate of drug-likeness (QED) is 0.0354. The number of ether oxygens (including phenoxy) is 4. The van der Waals surface area contributed by atoms with Crippen LogP contribution in [0.1, 0.15) is 107 Å². The molecule has 4 amide bonds. The molecule has 2 aliphatic heterocycles. The smallest absolute Gasteiger partial charge is 0.251 e. The van der Waals surface area contributed by atoms with Gasteiger partial charge in [-0.3, -0.25) is 39.0 Å². The van der Waals surface area contributed by atoms with Gasteiger partial charge in [0.15, 0.2) is 34.7 Å².